The highest BCUT2D eigenvalue weighted by molar-refractivity contribution is 5.82. The van der Waals surface area contributed by atoms with Gasteiger partial charge in [0, 0.05) is 6.04 Å². The van der Waals surface area contributed by atoms with E-state index in [1.807, 2.05) is 0 Å². The molecule has 1 aliphatic carbocycles. The van der Waals surface area contributed by atoms with E-state index in [0.717, 1.165) is 31.7 Å². The molecule has 0 aromatic rings. The second kappa shape index (κ2) is 6.05. The van der Waals surface area contributed by atoms with Crippen molar-refractivity contribution in [1.82, 2.24) is 10.6 Å². The van der Waals surface area contributed by atoms with Crippen molar-refractivity contribution in [3.05, 3.63) is 0 Å². The summed E-state index contributed by atoms with van der Waals surface area (Å²) in [6, 6.07) is 0.457. The Labute approximate surface area is 111 Å². The minimum atomic E-state index is 0.0649. The minimum Gasteiger partial charge on any atom is -0.352 e. The van der Waals surface area contributed by atoms with Crippen molar-refractivity contribution in [3.8, 4) is 0 Å². The van der Waals surface area contributed by atoms with Crippen LogP contribution in [-0.4, -0.2) is 24.5 Å². The lowest BCUT2D eigenvalue weighted by molar-refractivity contribution is -0.124. The maximum absolute atomic E-state index is 12.2. The van der Waals surface area contributed by atoms with Gasteiger partial charge in [0.2, 0.25) is 5.91 Å². The van der Waals surface area contributed by atoms with Gasteiger partial charge in [-0.15, -0.1) is 0 Å². The first-order valence-corrected chi connectivity index (χ1v) is 7.61. The topological polar surface area (TPSA) is 41.1 Å². The van der Waals surface area contributed by atoms with Gasteiger partial charge in [-0.1, -0.05) is 27.2 Å². The van der Waals surface area contributed by atoms with E-state index in [4.69, 9.17) is 0 Å². The average molecular weight is 252 g/mol. The molecule has 0 aromatic heterocycles. The predicted molar refractivity (Wildman–Crippen MR) is 74.3 cm³/mol. The first-order valence-electron chi connectivity index (χ1n) is 7.61. The van der Waals surface area contributed by atoms with Crippen molar-refractivity contribution in [1.29, 1.82) is 0 Å². The van der Waals surface area contributed by atoms with Crippen LogP contribution in [0.15, 0.2) is 0 Å². The van der Waals surface area contributed by atoms with Gasteiger partial charge in [0.25, 0.3) is 0 Å². The van der Waals surface area contributed by atoms with Gasteiger partial charge in [0.15, 0.2) is 0 Å². The molecule has 18 heavy (non-hydrogen) atoms. The SMILES string of the molecule is CC1CCC(C(C)C)C(NC(=O)[C@@H]2CCCN2)C1. The molecule has 2 rings (SSSR count). The zero-order valence-electron chi connectivity index (χ0n) is 12.0. The Balaban J connectivity index is 1.93. The summed E-state index contributed by atoms with van der Waals surface area (Å²) in [5, 5.41) is 6.61. The molecule has 1 aliphatic heterocycles. The second-order valence-corrected chi connectivity index (χ2v) is 6.59. The molecule has 1 amide bonds. The van der Waals surface area contributed by atoms with Crippen LogP contribution in [0.3, 0.4) is 0 Å². The summed E-state index contributed by atoms with van der Waals surface area (Å²) in [6.45, 7) is 7.87. The standard InChI is InChI=1S/C15H28N2O/c1-10(2)12-7-6-11(3)9-14(12)17-15(18)13-5-4-8-16-13/h10-14,16H,4-9H2,1-3H3,(H,17,18)/t11?,12?,13-,14?/m0/s1. The fourth-order valence-electron chi connectivity index (χ4n) is 3.56. The molecule has 1 heterocycles. The van der Waals surface area contributed by atoms with Crippen LogP contribution >= 0.6 is 0 Å². The van der Waals surface area contributed by atoms with Crippen LogP contribution in [0.25, 0.3) is 0 Å². The highest BCUT2D eigenvalue weighted by Gasteiger charge is 2.33. The van der Waals surface area contributed by atoms with Crippen LogP contribution in [0.2, 0.25) is 0 Å². The van der Waals surface area contributed by atoms with Gasteiger partial charge in [-0.2, -0.15) is 0 Å². The number of carbonyl (C=O) groups excluding carboxylic acids is 1. The molecular formula is C15H28N2O. The van der Waals surface area contributed by atoms with E-state index in [1.165, 1.54) is 12.8 Å². The molecule has 0 aromatic carbocycles. The summed E-state index contributed by atoms with van der Waals surface area (Å²) in [7, 11) is 0. The van der Waals surface area contributed by atoms with E-state index in [0.29, 0.717) is 17.9 Å². The second-order valence-electron chi connectivity index (χ2n) is 6.59. The number of rotatable bonds is 3. The molecule has 0 bridgehead atoms. The first kappa shape index (κ1) is 13.9. The summed E-state index contributed by atoms with van der Waals surface area (Å²) >= 11 is 0. The van der Waals surface area contributed by atoms with Gasteiger partial charge in [0.05, 0.1) is 6.04 Å². The summed E-state index contributed by atoms with van der Waals surface area (Å²) in [6.07, 6.45) is 5.87. The monoisotopic (exact) mass is 252 g/mol. The van der Waals surface area contributed by atoms with E-state index in [9.17, 15) is 4.79 Å². The molecule has 4 atom stereocenters. The minimum absolute atomic E-state index is 0.0649. The van der Waals surface area contributed by atoms with Gasteiger partial charge < -0.3 is 10.6 Å². The maximum atomic E-state index is 12.2. The van der Waals surface area contributed by atoms with Crippen molar-refractivity contribution in [2.45, 2.75) is 65.0 Å². The number of nitrogens with one attached hydrogen (secondary N) is 2. The van der Waals surface area contributed by atoms with Gasteiger partial charge in [0.1, 0.15) is 0 Å². The van der Waals surface area contributed by atoms with Gasteiger partial charge >= 0.3 is 0 Å². The Morgan fingerprint density at radius 3 is 2.67 bits per heavy atom. The molecule has 0 spiro atoms. The van der Waals surface area contributed by atoms with Crippen LogP contribution in [0.5, 0.6) is 0 Å². The van der Waals surface area contributed by atoms with Crippen LogP contribution in [0.4, 0.5) is 0 Å². The Bertz CT molecular complexity index is 284. The van der Waals surface area contributed by atoms with Crippen molar-refractivity contribution in [3.63, 3.8) is 0 Å². The predicted octanol–water partition coefficient (Wildman–Crippen LogP) is 2.32. The smallest absolute Gasteiger partial charge is 0.237 e. The van der Waals surface area contributed by atoms with E-state index >= 15 is 0 Å². The van der Waals surface area contributed by atoms with Crippen molar-refractivity contribution >= 4 is 5.91 Å². The number of hydrogen-bond donors (Lipinski definition) is 2. The largest absolute Gasteiger partial charge is 0.352 e. The number of amides is 1. The van der Waals surface area contributed by atoms with Gasteiger partial charge in [-0.05, 0) is 50.0 Å². The Morgan fingerprint density at radius 1 is 1.28 bits per heavy atom. The van der Waals surface area contributed by atoms with Gasteiger partial charge in [-0.3, -0.25) is 4.79 Å². The van der Waals surface area contributed by atoms with E-state index < -0.39 is 0 Å². The third-order valence-corrected chi connectivity index (χ3v) is 4.73. The van der Waals surface area contributed by atoms with Crippen LogP contribution in [-0.2, 0) is 4.79 Å². The Kier molecular flexibility index (Phi) is 4.66. The molecule has 104 valence electrons. The van der Waals surface area contributed by atoms with E-state index in [2.05, 4.69) is 31.4 Å². The third-order valence-electron chi connectivity index (χ3n) is 4.73. The number of hydrogen-bond acceptors (Lipinski definition) is 2. The normalized spacial score (nSPS) is 36.9. The summed E-state index contributed by atoms with van der Waals surface area (Å²) in [4.78, 5) is 12.2. The highest BCUT2D eigenvalue weighted by Crippen LogP contribution is 2.33. The molecule has 3 nitrogen and oxygen atoms in total. The highest BCUT2D eigenvalue weighted by atomic mass is 16.2. The van der Waals surface area contributed by atoms with E-state index in [1.54, 1.807) is 0 Å². The third kappa shape index (κ3) is 3.25. The summed E-state index contributed by atoms with van der Waals surface area (Å²) < 4.78 is 0. The summed E-state index contributed by atoms with van der Waals surface area (Å²) in [5.41, 5.74) is 0. The van der Waals surface area contributed by atoms with Crippen LogP contribution < -0.4 is 10.6 Å². The van der Waals surface area contributed by atoms with E-state index in [-0.39, 0.29) is 11.9 Å². The maximum Gasteiger partial charge on any atom is 0.237 e. The lowest BCUT2D eigenvalue weighted by Crippen LogP contribution is -2.50. The fourth-order valence-corrected chi connectivity index (χ4v) is 3.56. The van der Waals surface area contributed by atoms with Crippen molar-refractivity contribution in [2.24, 2.45) is 17.8 Å². The first-order chi connectivity index (χ1) is 8.58. The molecule has 1 saturated heterocycles. The lowest BCUT2D eigenvalue weighted by Gasteiger charge is -2.38. The molecular weight excluding hydrogens is 224 g/mol. The van der Waals surface area contributed by atoms with Gasteiger partial charge in [-0.25, -0.2) is 0 Å². The Morgan fingerprint density at radius 2 is 2.06 bits per heavy atom. The quantitative estimate of drug-likeness (QED) is 0.809. The van der Waals surface area contributed by atoms with Crippen LogP contribution in [0.1, 0.15) is 52.9 Å². The molecule has 2 N–H and O–H groups in total. The lowest BCUT2D eigenvalue weighted by atomic mass is 9.74. The zero-order valence-corrected chi connectivity index (χ0v) is 12.0. The fraction of sp³-hybridized carbons (Fsp3) is 0.933. The molecule has 2 fully saturated rings. The summed E-state index contributed by atoms with van der Waals surface area (Å²) in [5.74, 6) is 2.31. The molecule has 3 heteroatoms. The van der Waals surface area contributed by atoms with Crippen molar-refractivity contribution < 1.29 is 4.79 Å². The average Bonchev–Trinajstić information content (AvgIpc) is 2.81. The zero-order chi connectivity index (χ0) is 13.1. The molecule has 0 radical (unpaired) electrons. The van der Waals surface area contributed by atoms with Crippen molar-refractivity contribution in [2.75, 3.05) is 6.54 Å². The molecule has 1 saturated carbocycles. The number of carbonyl (C=O) groups is 1. The molecule has 2 aliphatic rings. The Hall–Kier alpha value is -0.570. The van der Waals surface area contributed by atoms with Crippen LogP contribution in [0, 0.1) is 17.8 Å². The molecule has 3 unspecified atom stereocenters.